The Hall–Kier alpha value is -2.16. The van der Waals surface area contributed by atoms with Crippen LogP contribution in [0.5, 0.6) is 0 Å². The van der Waals surface area contributed by atoms with Crippen molar-refractivity contribution in [3.63, 3.8) is 0 Å². The van der Waals surface area contributed by atoms with Crippen LogP contribution in [0.4, 0.5) is 17.6 Å². The standard InChI is InChI=1S/C22H21ClF4N2O2/c23-18-6-3-14(12-17(18)22(25,26)27)21(30)7-10-29(11-8-21)9-1-2-19-16-5-4-15(24)13-20(16)31-28-19/h3-6,12-13,30H,1-2,7-11H2. The van der Waals surface area contributed by atoms with Crippen LogP contribution in [-0.4, -0.2) is 34.8 Å². The summed E-state index contributed by atoms with van der Waals surface area (Å²) in [5, 5.41) is 15.4. The third-order valence-corrected chi connectivity index (χ3v) is 6.22. The highest BCUT2D eigenvalue weighted by Crippen LogP contribution is 2.40. The van der Waals surface area contributed by atoms with Crippen molar-refractivity contribution < 1.29 is 27.2 Å². The van der Waals surface area contributed by atoms with E-state index in [9.17, 15) is 22.7 Å². The minimum Gasteiger partial charge on any atom is -0.385 e. The summed E-state index contributed by atoms with van der Waals surface area (Å²) in [5.41, 5.74) is -0.816. The smallest absolute Gasteiger partial charge is 0.385 e. The molecular weight excluding hydrogens is 436 g/mol. The molecule has 1 saturated heterocycles. The highest BCUT2D eigenvalue weighted by atomic mass is 35.5. The molecule has 2 heterocycles. The second-order valence-corrected chi connectivity index (χ2v) is 8.35. The van der Waals surface area contributed by atoms with E-state index in [2.05, 4.69) is 10.1 Å². The quantitative estimate of drug-likeness (QED) is 0.511. The molecule has 0 amide bonds. The second-order valence-electron chi connectivity index (χ2n) is 7.94. The topological polar surface area (TPSA) is 49.5 Å². The van der Waals surface area contributed by atoms with Crippen LogP contribution in [0.3, 0.4) is 0 Å². The molecule has 1 fully saturated rings. The molecule has 3 aromatic rings. The predicted molar refractivity (Wildman–Crippen MR) is 108 cm³/mol. The van der Waals surface area contributed by atoms with Gasteiger partial charge in [-0.1, -0.05) is 22.8 Å². The number of aryl methyl sites for hydroxylation is 1. The van der Waals surface area contributed by atoms with Gasteiger partial charge in [-0.15, -0.1) is 0 Å². The van der Waals surface area contributed by atoms with Crippen molar-refractivity contribution in [2.24, 2.45) is 0 Å². The van der Waals surface area contributed by atoms with Gasteiger partial charge < -0.3 is 14.5 Å². The molecule has 0 atom stereocenters. The fourth-order valence-corrected chi connectivity index (χ4v) is 4.31. The molecule has 9 heteroatoms. The zero-order valence-electron chi connectivity index (χ0n) is 16.6. The lowest BCUT2D eigenvalue weighted by molar-refractivity contribution is -0.137. The number of hydrogen-bond donors (Lipinski definition) is 1. The van der Waals surface area contributed by atoms with Crippen molar-refractivity contribution in [2.75, 3.05) is 19.6 Å². The first-order valence-electron chi connectivity index (χ1n) is 10.0. The highest BCUT2D eigenvalue weighted by molar-refractivity contribution is 6.31. The van der Waals surface area contributed by atoms with Crippen molar-refractivity contribution in [1.82, 2.24) is 10.1 Å². The summed E-state index contributed by atoms with van der Waals surface area (Å²) in [5.74, 6) is -0.376. The summed E-state index contributed by atoms with van der Waals surface area (Å²) in [4.78, 5) is 2.16. The van der Waals surface area contributed by atoms with Crippen LogP contribution in [0, 0.1) is 5.82 Å². The number of nitrogens with zero attached hydrogens (tertiary/aromatic N) is 2. The largest absolute Gasteiger partial charge is 0.417 e. The minimum atomic E-state index is -4.57. The number of hydrogen-bond acceptors (Lipinski definition) is 4. The van der Waals surface area contributed by atoms with E-state index in [1.165, 1.54) is 24.3 Å². The van der Waals surface area contributed by atoms with Gasteiger partial charge in [-0.25, -0.2) is 4.39 Å². The Morgan fingerprint density at radius 1 is 1.13 bits per heavy atom. The van der Waals surface area contributed by atoms with Gasteiger partial charge in [0.2, 0.25) is 0 Å². The molecule has 2 aromatic carbocycles. The number of benzene rings is 2. The zero-order chi connectivity index (χ0) is 22.2. The van der Waals surface area contributed by atoms with E-state index >= 15 is 0 Å². The normalized spacial score (nSPS) is 17.4. The van der Waals surface area contributed by atoms with Crippen molar-refractivity contribution in [3.05, 3.63) is 64.1 Å². The van der Waals surface area contributed by atoms with Crippen LogP contribution in [0.2, 0.25) is 5.02 Å². The molecule has 0 aliphatic carbocycles. The summed E-state index contributed by atoms with van der Waals surface area (Å²) in [6.45, 7) is 1.87. The van der Waals surface area contributed by atoms with E-state index in [0.29, 0.717) is 37.9 Å². The van der Waals surface area contributed by atoms with Gasteiger partial charge in [-0.2, -0.15) is 13.2 Å². The minimum absolute atomic E-state index is 0.241. The van der Waals surface area contributed by atoms with Gasteiger partial charge in [0.1, 0.15) is 5.82 Å². The van der Waals surface area contributed by atoms with Crippen molar-refractivity contribution in [2.45, 2.75) is 37.5 Å². The van der Waals surface area contributed by atoms with Crippen LogP contribution < -0.4 is 0 Å². The molecule has 0 spiro atoms. The van der Waals surface area contributed by atoms with E-state index in [-0.39, 0.29) is 16.4 Å². The van der Waals surface area contributed by atoms with Crippen molar-refractivity contribution >= 4 is 22.6 Å². The van der Waals surface area contributed by atoms with Crippen LogP contribution in [0.1, 0.15) is 36.1 Å². The lowest BCUT2D eigenvalue weighted by atomic mass is 9.83. The van der Waals surface area contributed by atoms with Crippen LogP contribution in [0.15, 0.2) is 40.9 Å². The van der Waals surface area contributed by atoms with E-state index in [0.717, 1.165) is 30.1 Å². The van der Waals surface area contributed by atoms with E-state index in [4.69, 9.17) is 16.1 Å². The Bertz CT molecular complexity index is 1080. The molecule has 31 heavy (non-hydrogen) atoms. The van der Waals surface area contributed by atoms with Gasteiger partial charge in [-0.3, -0.25) is 0 Å². The molecule has 1 aromatic heterocycles. The fourth-order valence-electron chi connectivity index (χ4n) is 4.08. The van der Waals surface area contributed by atoms with E-state index < -0.39 is 17.3 Å². The summed E-state index contributed by atoms with van der Waals surface area (Å²) in [6.07, 6.45) is -2.46. The molecule has 0 bridgehead atoms. The second kappa shape index (κ2) is 8.41. The van der Waals surface area contributed by atoms with E-state index in [1.807, 2.05) is 0 Å². The maximum atomic E-state index is 13.2. The zero-order valence-corrected chi connectivity index (χ0v) is 17.3. The first-order chi connectivity index (χ1) is 14.7. The summed E-state index contributed by atoms with van der Waals surface area (Å²) >= 11 is 5.69. The van der Waals surface area contributed by atoms with Crippen LogP contribution >= 0.6 is 11.6 Å². The number of likely N-dealkylation sites (tertiary alicyclic amines) is 1. The lowest BCUT2D eigenvalue weighted by Gasteiger charge is -2.38. The molecular formula is C22H21ClF4N2O2. The number of aromatic nitrogens is 1. The highest BCUT2D eigenvalue weighted by Gasteiger charge is 2.38. The number of halogens is 5. The van der Waals surface area contributed by atoms with Gasteiger partial charge in [0.25, 0.3) is 0 Å². The molecule has 1 aliphatic rings. The van der Waals surface area contributed by atoms with Crippen molar-refractivity contribution in [1.29, 1.82) is 0 Å². The number of aliphatic hydroxyl groups is 1. The Morgan fingerprint density at radius 2 is 1.87 bits per heavy atom. The van der Waals surface area contributed by atoms with Crippen molar-refractivity contribution in [3.8, 4) is 0 Å². The lowest BCUT2D eigenvalue weighted by Crippen LogP contribution is -2.43. The average Bonchev–Trinajstić information content (AvgIpc) is 3.11. The van der Waals surface area contributed by atoms with Gasteiger partial charge in [0.05, 0.1) is 21.9 Å². The predicted octanol–water partition coefficient (Wildman–Crippen LogP) is 5.56. The molecule has 4 rings (SSSR count). The first kappa shape index (κ1) is 22.0. The summed E-state index contributed by atoms with van der Waals surface area (Å²) < 4.78 is 57.9. The maximum Gasteiger partial charge on any atom is 0.417 e. The molecule has 1 N–H and O–H groups in total. The van der Waals surface area contributed by atoms with Crippen LogP contribution in [-0.2, 0) is 18.2 Å². The Kier molecular flexibility index (Phi) is 5.98. The molecule has 1 aliphatic heterocycles. The number of alkyl halides is 3. The Balaban J connectivity index is 1.34. The van der Waals surface area contributed by atoms with Gasteiger partial charge in [0.15, 0.2) is 5.58 Å². The number of rotatable bonds is 5. The average molecular weight is 457 g/mol. The first-order valence-corrected chi connectivity index (χ1v) is 10.4. The molecule has 166 valence electrons. The third-order valence-electron chi connectivity index (χ3n) is 5.89. The van der Waals surface area contributed by atoms with Gasteiger partial charge in [0, 0.05) is 24.5 Å². The monoisotopic (exact) mass is 456 g/mol. The molecule has 0 unspecified atom stereocenters. The fraction of sp³-hybridized carbons (Fsp3) is 0.409. The third kappa shape index (κ3) is 4.71. The Morgan fingerprint density at radius 3 is 2.58 bits per heavy atom. The number of fused-ring (bicyclic) bond motifs is 1. The molecule has 0 saturated carbocycles. The van der Waals surface area contributed by atoms with Gasteiger partial charge in [-0.05, 0) is 62.1 Å². The van der Waals surface area contributed by atoms with Crippen LogP contribution in [0.25, 0.3) is 11.0 Å². The summed E-state index contributed by atoms with van der Waals surface area (Å²) in [7, 11) is 0. The maximum absolute atomic E-state index is 13.2. The molecule has 0 radical (unpaired) electrons. The summed E-state index contributed by atoms with van der Waals surface area (Å²) in [6, 6.07) is 7.94. The Labute approximate surface area is 181 Å². The number of piperidine rings is 1. The molecule has 4 nitrogen and oxygen atoms in total. The SMILES string of the molecule is OC1(c2ccc(Cl)c(C(F)(F)F)c2)CCN(CCCc2noc3cc(F)ccc23)CC1. The van der Waals surface area contributed by atoms with Gasteiger partial charge >= 0.3 is 6.18 Å². The van der Waals surface area contributed by atoms with E-state index in [1.54, 1.807) is 6.07 Å².